The molecule has 0 radical (unpaired) electrons. The van der Waals surface area contributed by atoms with Gasteiger partial charge in [0.25, 0.3) is 0 Å². The van der Waals surface area contributed by atoms with Crippen LogP contribution < -0.4 is 0 Å². The normalized spacial score (nSPS) is 21.2. The maximum atomic E-state index is 11.5. The molecule has 0 aliphatic carbocycles. The molecule has 0 spiro atoms. The van der Waals surface area contributed by atoms with E-state index in [9.17, 15) is 4.57 Å². The third kappa shape index (κ3) is 3.39. The number of phosphoric ester groups is 1. The van der Waals surface area contributed by atoms with Crippen molar-refractivity contribution >= 4 is 7.82 Å². The van der Waals surface area contributed by atoms with Gasteiger partial charge in [0.15, 0.2) is 0 Å². The van der Waals surface area contributed by atoms with E-state index in [-0.39, 0.29) is 0 Å². The fraction of sp³-hybridized carbons (Fsp3) is 1.00. The van der Waals surface area contributed by atoms with E-state index in [2.05, 4.69) is 13.8 Å². The predicted molar refractivity (Wildman–Crippen MR) is 49.5 cm³/mol. The van der Waals surface area contributed by atoms with Gasteiger partial charge >= 0.3 is 7.82 Å². The molecule has 1 heterocycles. The first-order valence-electron chi connectivity index (χ1n) is 4.74. The van der Waals surface area contributed by atoms with Crippen LogP contribution in [0.5, 0.6) is 0 Å². The fourth-order valence-electron chi connectivity index (χ4n) is 1.13. The molecule has 0 aromatic rings. The van der Waals surface area contributed by atoms with Crippen LogP contribution in [0.1, 0.15) is 26.7 Å². The van der Waals surface area contributed by atoms with E-state index in [1.54, 1.807) is 0 Å². The lowest BCUT2D eigenvalue weighted by Crippen LogP contribution is -2.06. The molecule has 0 atom stereocenters. The SMILES string of the molecule is CCC(CC)COP1(=O)OCCO1. The largest absolute Gasteiger partial charge is 0.474 e. The summed E-state index contributed by atoms with van der Waals surface area (Å²) >= 11 is 0. The third-order valence-corrected chi connectivity index (χ3v) is 3.67. The second-order valence-electron chi connectivity index (χ2n) is 3.09. The highest BCUT2D eigenvalue weighted by molar-refractivity contribution is 7.48. The highest BCUT2D eigenvalue weighted by Gasteiger charge is 2.32. The van der Waals surface area contributed by atoms with Gasteiger partial charge in [0.05, 0.1) is 19.8 Å². The van der Waals surface area contributed by atoms with Crippen LogP contribution in [-0.2, 0) is 18.1 Å². The Bertz CT molecular complexity index is 181. The van der Waals surface area contributed by atoms with Gasteiger partial charge in [-0.1, -0.05) is 26.7 Å². The van der Waals surface area contributed by atoms with E-state index in [0.717, 1.165) is 12.8 Å². The monoisotopic (exact) mass is 208 g/mol. The van der Waals surface area contributed by atoms with Crippen molar-refractivity contribution in [3.63, 3.8) is 0 Å². The van der Waals surface area contributed by atoms with Crippen LogP contribution in [0.15, 0.2) is 0 Å². The molecule has 0 N–H and O–H groups in total. The van der Waals surface area contributed by atoms with Gasteiger partial charge in [-0.2, -0.15) is 0 Å². The van der Waals surface area contributed by atoms with Crippen molar-refractivity contribution in [2.24, 2.45) is 5.92 Å². The Hall–Kier alpha value is 0.110. The quantitative estimate of drug-likeness (QED) is 0.651. The minimum absolute atomic E-state index is 0.375. The molecule has 0 saturated carbocycles. The third-order valence-electron chi connectivity index (χ3n) is 2.21. The van der Waals surface area contributed by atoms with Gasteiger partial charge in [0.2, 0.25) is 0 Å². The first-order valence-corrected chi connectivity index (χ1v) is 6.20. The summed E-state index contributed by atoms with van der Waals surface area (Å²) in [5, 5.41) is 0. The maximum absolute atomic E-state index is 11.5. The van der Waals surface area contributed by atoms with Crippen molar-refractivity contribution in [3.05, 3.63) is 0 Å². The fourth-order valence-corrected chi connectivity index (χ4v) is 2.34. The molecule has 0 amide bonds. The summed E-state index contributed by atoms with van der Waals surface area (Å²) < 4.78 is 26.4. The first kappa shape index (κ1) is 11.2. The lowest BCUT2D eigenvalue weighted by atomic mass is 10.1. The van der Waals surface area contributed by atoms with Crippen LogP contribution in [0.4, 0.5) is 0 Å². The minimum atomic E-state index is -3.15. The van der Waals surface area contributed by atoms with Crippen molar-refractivity contribution in [1.82, 2.24) is 0 Å². The molecule has 1 saturated heterocycles. The van der Waals surface area contributed by atoms with Crippen LogP contribution in [-0.4, -0.2) is 19.8 Å². The summed E-state index contributed by atoms with van der Waals surface area (Å²) in [7, 11) is -3.15. The Balaban J connectivity index is 2.28. The standard InChI is InChI=1S/C8H17O4P/c1-3-8(4-2)7-12-13(9)10-5-6-11-13/h8H,3-7H2,1-2H3. The zero-order valence-electron chi connectivity index (χ0n) is 8.19. The van der Waals surface area contributed by atoms with Crippen molar-refractivity contribution < 1.29 is 18.1 Å². The molecule has 0 aromatic carbocycles. The molecule has 78 valence electrons. The molecular formula is C8H17O4P. The second-order valence-corrected chi connectivity index (χ2v) is 4.76. The maximum Gasteiger partial charge on any atom is 0.474 e. The molecule has 0 bridgehead atoms. The summed E-state index contributed by atoms with van der Waals surface area (Å²) in [6, 6.07) is 0. The molecule has 13 heavy (non-hydrogen) atoms. The number of phosphoric acid groups is 1. The van der Waals surface area contributed by atoms with E-state index in [1.807, 2.05) is 0 Å². The summed E-state index contributed by atoms with van der Waals surface area (Å²) in [6.45, 7) is 5.39. The van der Waals surface area contributed by atoms with Gasteiger partial charge in [0.1, 0.15) is 0 Å². The van der Waals surface area contributed by atoms with Gasteiger partial charge in [0, 0.05) is 0 Å². The molecule has 1 fully saturated rings. The lowest BCUT2D eigenvalue weighted by Gasteiger charge is -2.14. The predicted octanol–water partition coefficient (Wildman–Crippen LogP) is 2.59. The average molecular weight is 208 g/mol. The summed E-state index contributed by atoms with van der Waals surface area (Å²) in [5.74, 6) is 0.443. The lowest BCUT2D eigenvalue weighted by molar-refractivity contribution is 0.160. The molecule has 4 nitrogen and oxygen atoms in total. The van der Waals surface area contributed by atoms with Gasteiger partial charge in [-0.25, -0.2) is 4.57 Å². The molecular weight excluding hydrogens is 191 g/mol. The van der Waals surface area contributed by atoms with E-state index < -0.39 is 7.82 Å². The topological polar surface area (TPSA) is 44.8 Å². The van der Waals surface area contributed by atoms with E-state index in [0.29, 0.717) is 25.7 Å². The molecule has 1 aliphatic rings. The van der Waals surface area contributed by atoms with Crippen LogP contribution in [0, 0.1) is 5.92 Å². The molecule has 1 aliphatic heterocycles. The van der Waals surface area contributed by atoms with E-state index in [1.165, 1.54) is 0 Å². The number of rotatable bonds is 5. The van der Waals surface area contributed by atoms with Crippen molar-refractivity contribution in [2.75, 3.05) is 19.8 Å². The molecule has 0 unspecified atom stereocenters. The Morgan fingerprint density at radius 1 is 1.31 bits per heavy atom. The Labute approximate surface area is 79.2 Å². The Morgan fingerprint density at radius 3 is 2.31 bits per heavy atom. The molecule has 1 rings (SSSR count). The summed E-state index contributed by atoms with van der Waals surface area (Å²) in [5.41, 5.74) is 0. The zero-order valence-corrected chi connectivity index (χ0v) is 9.09. The van der Waals surface area contributed by atoms with Crippen molar-refractivity contribution in [2.45, 2.75) is 26.7 Å². The van der Waals surface area contributed by atoms with Gasteiger partial charge in [-0.15, -0.1) is 0 Å². The van der Waals surface area contributed by atoms with Crippen molar-refractivity contribution in [3.8, 4) is 0 Å². The van der Waals surface area contributed by atoms with Gasteiger partial charge in [-0.3, -0.25) is 13.6 Å². The Morgan fingerprint density at radius 2 is 1.85 bits per heavy atom. The summed E-state index contributed by atoms with van der Waals surface area (Å²) in [4.78, 5) is 0. The second kappa shape index (κ2) is 5.11. The van der Waals surface area contributed by atoms with Crippen LogP contribution in [0.2, 0.25) is 0 Å². The first-order chi connectivity index (χ1) is 6.20. The average Bonchev–Trinajstić information content (AvgIpc) is 2.55. The minimum Gasteiger partial charge on any atom is -0.287 e. The highest BCUT2D eigenvalue weighted by atomic mass is 31.2. The number of hydrogen-bond acceptors (Lipinski definition) is 4. The van der Waals surface area contributed by atoms with Gasteiger partial charge in [-0.05, 0) is 5.92 Å². The zero-order chi connectivity index (χ0) is 9.73. The van der Waals surface area contributed by atoms with Crippen LogP contribution in [0.3, 0.4) is 0 Å². The van der Waals surface area contributed by atoms with Crippen LogP contribution >= 0.6 is 7.82 Å². The van der Waals surface area contributed by atoms with Crippen LogP contribution in [0.25, 0.3) is 0 Å². The Kier molecular flexibility index (Phi) is 4.39. The van der Waals surface area contributed by atoms with Gasteiger partial charge < -0.3 is 0 Å². The van der Waals surface area contributed by atoms with Crippen molar-refractivity contribution in [1.29, 1.82) is 0 Å². The molecule has 0 aromatic heterocycles. The smallest absolute Gasteiger partial charge is 0.287 e. The number of hydrogen-bond donors (Lipinski definition) is 0. The highest BCUT2D eigenvalue weighted by Crippen LogP contribution is 2.53. The molecule has 5 heteroatoms. The summed E-state index contributed by atoms with van der Waals surface area (Å²) in [6.07, 6.45) is 2.05. The van der Waals surface area contributed by atoms with E-state index >= 15 is 0 Å². The van der Waals surface area contributed by atoms with E-state index in [4.69, 9.17) is 13.6 Å².